The van der Waals surface area contributed by atoms with Gasteiger partial charge in [0.2, 0.25) is 5.91 Å². The van der Waals surface area contributed by atoms with Crippen molar-refractivity contribution in [3.8, 4) is 0 Å². The lowest BCUT2D eigenvalue weighted by Gasteiger charge is -2.22. The van der Waals surface area contributed by atoms with Crippen LogP contribution in [0.4, 0.5) is 11.4 Å². The zero-order valence-electron chi connectivity index (χ0n) is 13.4. The quantitative estimate of drug-likeness (QED) is 0.873. The topological polar surface area (TPSA) is 75.3 Å². The van der Waals surface area contributed by atoms with Gasteiger partial charge in [-0.2, -0.15) is 0 Å². The highest BCUT2D eigenvalue weighted by Crippen LogP contribution is 2.37. The van der Waals surface area contributed by atoms with Gasteiger partial charge in [-0.15, -0.1) is 11.8 Å². The fraction of sp³-hybridized carbons (Fsp3) is 0.235. The lowest BCUT2D eigenvalue weighted by Crippen LogP contribution is -2.26. The number of para-hydroxylation sites is 1. The molecule has 2 N–H and O–H groups in total. The number of aryl methyl sites for hydroxylation is 1. The van der Waals surface area contributed by atoms with Crippen LogP contribution < -0.4 is 10.0 Å². The Balaban J connectivity index is 1.93. The Kier molecular flexibility index (Phi) is 4.56. The van der Waals surface area contributed by atoms with E-state index in [2.05, 4.69) is 10.0 Å². The standard InChI is InChI=1S/C17H18N2O3S2/c1-3-12-6-4-5-7-14(12)19-24(21,22)13-8-9-16-15(10-13)18-17(20)11(2)23-16/h4-11,19H,3H2,1-2H3,(H,18,20)/t11-/m1/s1. The van der Waals surface area contributed by atoms with Gasteiger partial charge in [0.15, 0.2) is 0 Å². The molecule has 0 aromatic heterocycles. The molecule has 5 nitrogen and oxygen atoms in total. The van der Waals surface area contributed by atoms with Gasteiger partial charge in [0, 0.05) is 4.90 Å². The molecule has 0 unspecified atom stereocenters. The second-order valence-electron chi connectivity index (χ2n) is 5.52. The number of hydrogen-bond acceptors (Lipinski definition) is 4. The van der Waals surface area contributed by atoms with Crippen molar-refractivity contribution in [2.24, 2.45) is 0 Å². The average molecular weight is 362 g/mol. The summed E-state index contributed by atoms with van der Waals surface area (Å²) in [4.78, 5) is 12.8. The summed E-state index contributed by atoms with van der Waals surface area (Å²) in [6, 6.07) is 12.1. The first-order valence-corrected chi connectivity index (χ1v) is 9.99. The summed E-state index contributed by atoms with van der Waals surface area (Å²) in [5.41, 5.74) is 2.04. The Bertz CT molecular complexity index is 894. The summed E-state index contributed by atoms with van der Waals surface area (Å²) in [7, 11) is -3.72. The van der Waals surface area contributed by atoms with Crippen LogP contribution in [0.1, 0.15) is 19.4 Å². The van der Waals surface area contributed by atoms with Crippen LogP contribution in [0.3, 0.4) is 0 Å². The van der Waals surface area contributed by atoms with Gasteiger partial charge < -0.3 is 5.32 Å². The van der Waals surface area contributed by atoms with Crippen LogP contribution in [0.15, 0.2) is 52.3 Å². The zero-order chi connectivity index (χ0) is 17.3. The van der Waals surface area contributed by atoms with Gasteiger partial charge in [0.25, 0.3) is 10.0 Å². The second kappa shape index (κ2) is 6.49. The number of sulfonamides is 1. The number of nitrogens with one attached hydrogen (secondary N) is 2. The van der Waals surface area contributed by atoms with E-state index < -0.39 is 10.0 Å². The van der Waals surface area contributed by atoms with Gasteiger partial charge in [0.05, 0.1) is 21.5 Å². The first-order valence-electron chi connectivity index (χ1n) is 7.63. The van der Waals surface area contributed by atoms with Crippen LogP contribution >= 0.6 is 11.8 Å². The van der Waals surface area contributed by atoms with Crippen LogP contribution in [0, 0.1) is 0 Å². The van der Waals surface area contributed by atoms with Gasteiger partial charge >= 0.3 is 0 Å². The summed E-state index contributed by atoms with van der Waals surface area (Å²) in [6.45, 7) is 3.79. The van der Waals surface area contributed by atoms with Gasteiger partial charge in [-0.1, -0.05) is 25.1 Å². The number of benzene rings is 2. The fourth-order valence-electron chi connectivity index (χ4n) is 2.49. The molecule has 7 heteroatoms. The van der Waals surface area contributed by atoms with E-state index in [1.165, 1.54) is 17.8 Å². The molecule has 0 aliphatic carbocycles. The number of carbonyl (C=O) groups is 1. The second-order valence-corrected chi connectivity index (χ2v) is 8.59. The molecule has 2 aromatic carbocycles. The molecule has 2 aromatic rings. The van der Waals surface area contributed by atoms with Crippen LogP contribution in [0.5, 0.6) is 0 Å². The normalized spacial score (nSPS) is 17.1. The monoisotopic (exact) mass is 362 g/mol. The van der Waals surface area contributed by atoms with Crippen molar-refractivity contribution >= 4 is 39.1 Å². The maximum absolute atomic E-state index is 12.7. The predicted molar refractivity (Wildman–Crippen MR) is 97.0 cm³/mol. The van der Waals surface area contributed by atoms with Gasteiger partial charge in [-0.3, -0.25) is 9.52 Å². The highest BCUT2D eigenvalue weighted by molar-refractivity contribution is 8.01. The van der Waals surface area contributed by atoms with Crippen molar-refractivity contribution in [2.45, 2.75) is 35.3 Å². The molecule has 1 amide bonds. The van der Waals surface area contributed by atoms with E-state index in [9.17, 15) is 13.2 Å². The van der Waals surface area contributed by atoms with E-state index in [4.69, 9.17) is 0 Å². The fourth-order valence-corrected chi connectivity index (χ4v) is 4.54. The number of hydrogen-bond donors (Lipinski definition) is 2. The summed E-state index contributed by atoms with van der Waals surface area (Å²) in [6.07, 6.45) is 0.730. The third-order valence-electron chi connectivity index (χ3n) is 3.83. The smallest absolute Gasteiger partial charge is 0.261 e. The third-order valence-corrected chi connectivity index (χ3v) is 6.38. The number of carbonyl (C=O) groups excluding carboxylic acids is 1. The minimum atomic E-state index is -3.72. The van der Waals surface area contributed by atoms with E-state index in [0.717, 1.165) is 16.9 Å². The maximum Gasteiger partial charge on any atom is 0.261 e. The maximum atomic E-state index is 12.7. The summed E-state index contributed by atoms with van der Waals surface area (Å²) in [5.74, 6) is -0.119. The van der Waals surface area contributed by atoms with Crippen molar-refractivity contribution in [3.63, 3.8) is 0 Å². The van der Waals surface area contributed by atoms with Gasteiger partial charge in [0.1, 0.15) is 0 Å². The summed E-state index contributed by atoms with van der Waals surface area (Å²) in [5, 5.41) is 2.57. The molecular formula is C17H18N2O3S2. The predicted octanol–water partition coefficient (Wildman–Crippen LogP) is 3.48. The number of amides is 1. The molecular weight excluding hydrogens is 344 g/mol. The molecule has 0 saturated heterocycles. The lowest BCUT2D eigenvalue weighted by molar-refractivity contribution is -0.115. The van der Waals surface area contributed by atoms with E-state index in [1.54, 1.807) is 24.3 Å². The molecule has 1 heterocycles. The largest absolute Gasteiger partial charge is 0.324 e. The molecule has 0 saturated carbocycles. The molecule has 1 aliphatic heterocycles. The van der Waals surface area contributed by atoms with E-state index in [1.807, 2.05) is 26.0 Å². The summed E-state index contributed by atoms with van der Waals surface area (Å²) < 4.78 is 28.0. The SMILES string of the molecule is CCc1ccccc1NS(=O)(=O)c1ccc2c(c1)NC(=O)[C@@H](C)S2. The summed E-state index contributed by atoms with van der Waals surface area (Å²) >= 11 is 1.42. The molecule has 0 radical (unpaired) electrons. The van der Waals surface area contributed by atoms with Crippen LogP contribution in [-0.4, -0.2) is 19.6 Å². The van der Waals surface area contributed by atoms with Crippen molar-refractivity contribution < 1.29 is 13.2 Å². The van der Waals surface area contributed by atoms with Gasteiger partial charge in [-0.25, -0.2) is 8.42 Å². The van der Waals surface area contributed by atoms with Crippen molar-refractivity contribution in [1.29, 1.82) is 0 Å². The Morgan fingerprint density at radius 3 is 2.71 bits per heavy atom. The molecule has 0 fully saturated rings. The Labute approximate surface area is 145 Å². The highest BCUT2D eigenvalue weighted by atomic mass is 32.2. The third kappa shape index (κ3) is 3.27. The zero-order valence-corrected chi connectivity index (χ0v) is 15.0. The average Bonchev–Trinajstić information content (AvgIpc) is 2.55. The van der Waals surface area contributed by atoms with Crippen molar-refractivity contribution in [3.05, 3.63) is 48.0 Å². The van der Waals surface area contributed by atoms with E-state index in [0.29, 0.717) is 11.4 Å². The molecule has 126 valence electrons. The highest BCUT2D eigenvalue weighted by Gasteiger charge is 2.25. The van der Waals surface area contributed by atoms with Crippen LogP contribution in [0.25, 0.3) is 0 Å². The Morgan fingerprint density at radius 2 is 1.96 bits per heavy atom. The number of rotatable bonds is 4. The molecule has 0 bridgehead atoms. The van der Waals surface area contributed by atoms with Crippen molar-refractivity contribution in [2.75, 3.05) is 10.0 Å². The minimum absolute atomic E-state index is 0.119. The van der Waals surface area contributed by atoms with Crippen LogP contribution in [0.2, 0.25) is 0 Å². The minimum Gasteiger partial charge on any atom is -0.324 e. The molecule has 0 spiro atoms. The van der Waals surface area contributed by atoms with Crippen molar-refractivity contribution in [1.82, 2.24) is 0 Å². The van der Waals surface area contributed by atoms with E-state index in [-0.39, 0.29) is 16.1 Å². The van der Waals surface area contributed by atoms with Gasteiger partial charge in [-0.05, 0) is 43.2 Å². The van der Waals surface area contributed by atoms with Crippen LogP contribution in [-0.2, 0) is 21.2 Å². The lowest BCUT2D eigenvalue weighted by atomic mass is 10.1. The Hall–Kier alpha value is -1.99. The molecule has 1 aliphatic rings. The Morgan fingerprint density at radius 1 is 1.21 bits per heavy atom. The first-order chi connectivity index (χ1) is 11.4. The number of thioether (sulfide) groups is 1. The number of anilines is 2. The first kappa shape index (κ1) is 16.9. The molecule has 24 heavy (non-hydrogen) atoms. The number of fused-ring (bicyclic) bond motifs is 1. The molecule has 1 atom stereocenters. The molecule has 3 rings (SSSR count). The van der Waals surface area contributed by atoms with E-state index >= 15 is 0 Å².